The minimum absolute atomic E-state index is 0.0705. The van der Waals surface area contributed by atoms with E-state index in [4.69, 9.17) is 15.2 Å². The first-order chi connectivity index (χ1) is 12.4. The number of hydrogen-bond donors (Lipinski definition) is 3. The van der Waals surface area contributed by atoms with Gasteiger partial charge in [-0.25, -0.2) is 4.79 Å². The molecule has 1 fully saturated rings. The van der Waals surface area contributed by atoms with Crippen molar-refractivity contribution in [3.63, 3.8) is 0 Å². The van der Waals surface area contributed by atoms with E-state index < -0.39 is 53.4 Å². The molecule has 0 aromatic carbocycles. The topological polar surface area (TPSA) is 171 Å². The smallest absolute Gasteiger partial charge is 0.351 e. The lowest BCUT2D eigenvalue weighted by Gasteiger charge is -2.37. The lowest BCUT2D eigenvalue weighted by atomic mass is 9.75. The first kappa shape index (κ1) is 20.7. The molecule has 0 saturated carbocycles. The standard InChI is InChI=1S/C16H21N3O8/c1-7-5-19(14(23)18-12(7)17)13-16(25,9(3)21)15(24,8(2)20)11(27-13)6-26-10(4)22/h5,11,13,24-25H,6H2,1-4H3,(H2,17,18,23)/t11-,13-,15-,16+/m1/s1. The van der Waals surface area contributed by atoms with Crippen LogP contribution in [-0.4, -0.2) is 61.2 Å². The SMILES string of the molecule is CC(=O)OC[C@H]1O[C@@H](n2cc(C)c(N)nc2=O)[C@@](O)(C(C)=O)[C@@]1(O)C(C)=O. The summed E-state index contributed by atoms with van der Waals surface area (Å²) in [6.45, 7) is 3.85. The van der Waals surface area contributed by atoms with Gasteiger partial charge in [-0.05, 0) is 20.8 Å². The fourth-order valence-electron chi connectivity index (χ4n) is 3.09. The maximum Gasteiger partial charge on any atom is 0.351 e. The molecule has 1 aliphatic rings. The molecular formula is C16H21N3O8. The van der Waals surface area contributed by atoms with Crippen molar-refractivity contribution >= 4 is 23.4 Å². The third kappa shape index (κ3) is 3.03. The van der Waals surface area contributed by atoms with Crippen LogP contribution in [0.2, 0.25) is 0 Å². The Balaban J connectivity index is 2.69. The molecular weight excluding hydrogens is 362 g/mol. The van der Waals surface area contributed by atoms with Gasteiger partial charge in [-0.1, -0.05) is 0 Å². The fraction of sp³-hybridized carbons (Fsp3) is 0.562. The van der Waals surface area contributed by atoms with Gasteiger partial charge in [0.05, 0.1) is 0 Å². The average Bonchev–Trinajstić information content (AvgIpc) is 2.79. The van der Waals surface area contributed by atoms with Gasteiger partial charge >= 0.3 is 11.7 Å². The van der Waals surface area contributed by atoms with E-state index in [1.165, 1.54) is 13.1 Å². The van der Waals surface area contributed by atoms with Crippen molar-refractivity contribution in [3.8, 4) is 0 Å². The molecule has 11 heteroatoms. The molecule has 1 aromatic rings. The van der Waals surface area contributed by atoms with Gasteiger partial charge in [0.15, 0.2) is 23.4 Å². The van der Waals surface area contributed by atoms with Gasteiger partial charge in [0, 0.05) is 18.7 Å². The van der Waals surface area contributed by atoms with Gasteiger partial charge in [-0.3, -0.25) is 19.0 Å². The van der Waals surface area contributed by atoms with E-state index in [9.17, 15) is 29.4 Å². The minimum atomic E-state index is -2.84. The van der Waals surface area contributed by atoms with Gasteiger partial charge < -0.3 is 25.4 Å². The fourth-order valence-corrected chi connectivity index (χ4v) is 3.09. The van der Waals surface area contributed by atoms with Gasteiger partial charge in [0.25, 0.3) is 0 Å². The second-order valence-corrected chi connectivity index (χ2v) is 6.42. The van der Waals surface area contributed by atoms with E-state index in [2.05, 4.69) is 4.98 Å². The van der Waals surface area contributed by atoms with Gasteiger partial charge in [0.1, 0.15) is 18.5 Å². The highest BCUT2D eigenvalue weighted by atomic mass is 16.6. The first-order valence-corrected chi connectivity index (χ1v) is 7.98. The zero-order chi connectivity index (χ0) is 20.7. The lowest BCUT2D eigenvalue weighted by molar-refractivity contribution is -0.182. The number of anilines is 1. The number of carbonyl (C=O) groups is 3. The number of aromatic nitrogens is 2. The molecule has 1 aromatic heterocycles. The molecule has 0 radical (unpaired) electrons. The molecule has 0 unspecified atom stereocenters. The highest BCUT2D eigenvalue weighted by Gasteiger charge is 2.72. The Kier molecular flexibility index (Phi) is 5.23. The summed E-state index contributed by atoms with van der Waals surface area (Å²) in [4.78, 5) is 51.5. The van der Waals surface area contributed by atoms with Crippen molar-refractivity contribution in [2.75, 3.05) is 12.3 Å². The maximum absolute atomic E-state index is 12.3. The summed E-state index contributed by atoms with van der Waals surface area (Å²) in [7, 11) is 0. The number of esters is 1. The van der Waals surface area contributed by atoms with E-state index in [1.54, 1.807) is 0 Å². The molecule has 0 spiro atoms. The summed E-state index contributed by atoms with van der Waals surface area (Å²) in [5.74, 6) is -2.84. The van der Waals surface area contributed by atoms with Crippen LogP contribution in [0.4, 0.5) is 5.82 Å². The number of aliphatic hydroxyl groups is 2. The Morgan fingerprint density at radius 1 is 1.26 bits per heavy atom. The zero-order valence-electron chi connectivity index (χ0n) is 15.3. The molecule has 11 nitrogen and oxygen atoms in total. The average molecular weight is 383 g/mol. The highest BCUT2D eigenvalue weighted by Crippen LogP contribution is 2.46. The van der Waals surface area contributed by atoms with E-state index in [0.717, 1.165) is 25.3 Å². The van der Waals surface area contributed by atoms with E-state index in [1.807, 2.05) is 0 Å². The molecule has 4 atom stereocenters. The number of hydrogen-bond acceptors (Lipinski definition) is 10. The third-order valence-corrected chi connectivity index (χ3v) is 4.64. The Hall–Kier alpha value is -2.63. The number of ketones is 2. The van der Waals surface area contributed by atoms with Gasteiger partial charge in [-0.15, -0.1) is 0 Å². The summed E-state index contributed by atoms with van der Waals surface area (Å²) in [6, 6.07) is 0. The van der Waals surface area contributed by atoms with Crippen LogP contribution in [0.15, 0.2) is 11.0 Å². The molecule has 27 heavy (non-hydrogen) atoms. The van der Waals surface area contributed by atoms with Crippen molar-refractivity contribution in [1.82, 2.24) is 9.55 Å². The lowest BCUT2D eigenvalue weighted by Crippen LogP contribution is -2.66. The molecule has 2 heterocycles. The molecule has 0 amide bonds. The van der Waals surface area contributed by atoms with Crippen LogP contribution in [0, 0.1) is 6.92 Å². The molecule has 148 valence electrons. The molecule has 0 bridgehead atoms. The van der Waals surface area contributed by atoms with Crippen molar-refractivity contribution in [1.29, 1.82) is 0 Å². The molecule has 1 aliphatic heterocycles. The number of nitrogen functional groups attached to an aromatic ring is 1. The summed E-state index contributed by atoms with van der Waals surface area (Å²) in [5, 5.41) is 22.1. The van der Waals surface area contributed by atoms with Crippen LogP contribution in [-0.2, 0) is 23.9 Å². The van der Waals surface area contributed by atoms with Gasteiger partial charge in [0.2, 0.25) is 5.60 Å². The molecule has 4 N–H and O–H groups in total. The van der Waals surface area contributed by atoms with E-state index in [-0.39, 0.29) is 5.82 Å². The maximum atomic E-state index is 12.3. The van der Waals surface area contributed by atoms with Crippen LogP contribution >= 0.6 is 0 Å². The highest BCUT2D eigenvalue weighted by molar-refractivity contribution is 5.98. The zero-order valence-corrected chi connectivity index (χ0v) is 15.3. The van der Waals surface area contributed by atoms with Crippen LogP contribution in [0.1, 0.15) is 32.6 Å². The summed E-state index contributed by atoms with van der Waals surface area (Å²) >= 11 is 0. The normalized spacial score (nSPS) is 30.1. The number of Topliss-reactive ketones (excluding diaryl/α,β-unsaturated/α-hetero) is 2. The third-order valence-electron chi connectivity index (χ3n) is 4.64. The number of aryl methyl sites for hydroxylation is 1. The summed E-state index contributed by atoms with van der Waals surface area (Å²) in [6.07, 6.45) is -2.23. The van der Waals surface area contributed by atoms with Crippen molar-refractivity contribution < 1.29 is 34.1 Å². The van der Waals surface area contributed by atoms with Crippen molar-refractivity contribution in [2.24, 2.45) is 0 Å². The van der Waals surface area contributed by atoms with Crippen LogP contribution in [0.3, 0.4) is 0 Å². The minimum Gasteiger partial charge on any atom is -0.463 e. The van der Waals surface area contributed by atoms with Crippen LogP contribution in [0.5, 0.6) is 0 Å². The second kappa shape index (κ2) is 6.83. The van der Waals surface area contributed by atoms with Crippen molar-refractivity contribution in [2.45, 2.75) is 51.2 Å². The first-order valence-electron chi connectivity index (χ1n) is 7.98. The predicted octanol–water partition coefficient (Wildman–Crippen LogP) is -1.77. The Morgan fingerprint density at radius 3 is 2.30 bits per heavy atom. The quantitative estimate of drug-likeness (QED) is 0.494. The Labute approximate surface area is 153 Å². The predicted molar refractivity (Wildman–Crippen MR) is 89.5 cm³/mol. The number of carbonyl (C=O) groups excluding carboxylic acids is 3. The number of nitrogens with zero attached hydrogens (tertiary/aromatic N) is 2. The van der Waals surface area contributed by atoms with E-state index >= 15 is 0 Å². The molecule has 2 rings (SSSR count). The van der Waals surface area contributed by atoms with Crippen molar-refractivity contribution in [3.05, 3.63) is 22.2 Å². The molecule has 1 saturated heterocycles. The monoisotopic (exact) mass is 383 g/mol. The Bertz CT molecular complexity index is 866. The second-order valence-electron chi connectivity index (χ2n) is 6.42. The molecule has 0 aliphatic carbocycles. The number of ether oxygens (including phenoxy) is 2. The van der Waals surface area contributed by atoms with E-state index in [0.29, 0.717) is 5.56 Å². The number of rotatable bonds is 5. The summed E-state index contributed by atoms with van der Waals surface area (Å²) in [5.41, 5.74) is -0.674. The number of nitrogens with two attached hydrogens (primary N) is 1. The largest absolute Gasteiger partial charge is 0.463 e. The van der Waals surface area contributed by atoms with Gasteiger partial charge in [-0.2, -0.15) is 4.98 Å². The summed E-state index contributed by atoms with van der Waals surface area (Å²) < 4.78 is 11.0. The van der Waals surface area contributed by atoms with Crippen LogP contribution in [0.25, 0.3) is 0 Å². The van der Waals surface area contributed by atoms with Crippen LogP contribution < -0.4 is 11.4 Å². The Morgan fingerprint density at radius 2 is 1.81 bits per heavy atom.